The zero-order valence-corrected chi connectivity index (χ0v) is 61.9. The van der Waals surface area contributed by atoms with Gasteiger partial charge in [-0.05, 0) is 125 Å². The van der Waals surface area contributed by atoms with Crippen LogP contribution < -0.4 is 67.4 Å². The van der Waals surface area contributed by atoms with Gasteiger partial charge in [0.1, 0.15) is 121 Å². The third kappa shape index (κ3) is 29.3. The lowest BCUT2D eigenvalue weighted by atomic mass is 9.99. The Morgan fingerprint density at radius 2 is 0.661 bits per heavy atom. The van der Waals surface area contributed by atoms with Gasteiger partial charge in [0.2, 0.25) is 77.9 Å². The Morgan fingerprint density at radius 1 is 0.357 bits per heavy atom. The van der Waals surface area contributed by atoms with Crippen molar-refractivity contribution in [2.24, 2.45) is 0 Å². The van der Waals surface area contributed by atoms with Crippen molar-refractivity contribution in [3.63, 3.8) is 0 Å². The molecule has 0 aromatic heterocycles. The van der Waals surface area contributed by atoms with Gasteiger partial charge in [0.05, 0.1) is 52.2 Å². The molecular formula is C72H104N10O30. The van der Waals surface area contributed by atoms with Gasteiger partial charge in [-0.15, -0.1) is 0 Å². The highest BCUT2D eigenvalue weighted by atomic mass is 16.7. The summed E-state index contributed by atoms with van der Waals surface area (Å²) < 4.78 is 33.0. The average Bonchev–Trinajstić information content (AvgIpc) is 0.820. The van der Waals surface area contributed by atoms with Gasteiger partial charge in [0, 0.05) is 26.6 Å². The third-order valence-corrected chi connectivity index (χ3v) is 18.2. The Hall–Kier alpha value is -9.37. The first-order valence-electron chi connectivity index (χ1n) is 36.5. The minimum Gasteiger partial charge on any atom is -0.480 e. The number of carboxylic acid groups (broad SMARTS) is 1. The van der Waals surface area contributed by atoms with E-state index in [1.165, 1.54) is 57.2 Å². The van der Waals surface area contributed by atoms with Crippen LogP contribution in [0.1, 0.15) is 95.2 Å². The molecule has 6 rings (SSSR count). The number of unbranched alkanes of at least 4 members (excludes halogenated alkanes) is 3. The summed E-state index contributed by atoms with van der Waals surface area (Å²) in [6, 6.07) is 11.5. The summed E-state index contributed by atoms with van der Waals surface area (Å²) in [7, 11) is 0. The second kappa shape index (κ2) is 46.0. The second-order valence-corrected chi connectivity index (χ2v) is 27.2. The van der Waals surface area contributed by atoms with E-state index in [1.807, 2.05) is 0 Å². The number of hydrogen-bond acceptors (Lipinski definition) is 29. The zero-order valence-electron chi connectivity index (χ0n) is 61.9. The molecule has 0 spiro atoms. The molecule has 40 nitrogen and oxygen atoms in total. The van der Waals surface area contributed by atoms with Crippen molar-refractivity contribution in [2.45, 2.75) is 220 Å². The predicted molar refractivity (Wildman–Crippen MR) is 385 cm³/mol. The summed E-state index contributed by atoms with van der Waals surface area (Å²) >= 11 is 0. The summed E-state index contributed by atoms with van der Waals surface area (Å²) in [5.41, 5.74) is 1.60. The topological polar surface area (TPSA) is 626 Å². The number of benzene rings is 3. The monoisotopic (exact) mass is 1590 g/mol. The van der Waals surface area contributed by atoms with Gasteiger partial charge in [0.25, 0.3) is 0 Å². The maximum Gasteiger partial charge on any atom is 0.325 e. The summed E-state index contributed by atoms with van der Waals surface area (Å²) in [6.07, 6.45) is -21.9. The number of rotatable bonds is 44. The van der Waals surface area contributed by atoms with Crippen LogP contribution in [0.5, 0.6) is 17.2 Å². The van der Waals surface area contributed by atoms with E-state index in [0.29, 0.717) is 16.7 Å². The lowest BCUT2D eigenvalue weighted by Crippen LogP contribution is -2.60. The molecule has 0 bridgehead atoms. The number of amides is 10. The van der Waals surface area contributed by atoms with E-state index in [9.17, 15) is 119 Å². The molecule has 0 unspecified atom stereocenters. The molecule has 3 fully saturated rings. The molecule has 0 radical (unpaired) electrons. The second-order valence-electron chi connectivity index (χ2n) is 27.2. The van der Waals surface area contributed by atoms with Crippen LogP contribution in [0.15, 0.2) is 72.8 Å². The summed E-state index contributed by atoms with van der Waals surface area (Å²) in [6.45, 7) is 0.459. The van der Waals surface area contributed by atoms with Crippen molar-refractivity contribution in [2.75, 3.05) is 52.5 Å². The largest absolute Gasteiger partial charge is 0.480 e. The van der Waals surface area contributed by atoms with Crippen molar-refractivity contribution in [1.29, 1.82) is 0 Å². The molecular weight excluding hydrogens is 1480 g/mol. The Kier molecular flexibility index (Phi) is 37.6. The number of nitrogens with one attached hydrogen (secondary N) is 10. The molecule has 23 N–H and O–H groups in total. The number of carboxylic acids is 1. The molecule has 10 amide bonds. The van der Waals surface area contributed by atoms with Gasteiger partial charge in [0.15, 0.2) is 0 Å². The lowest BCUT2D eigenvalue weighted by Gasteiger charge is -2.39. The van der Waals surface area contributed by atoms with E-state index in [1.54, 1.807) is 36.4 Å². The van der Waals surface area contributed by atoms with Crippen LogP contribution in [0.3, 0.4) is 0 Å². The van der Waals surface area contributed by atoms with Crippen LogP contribution in [0.4, 0.5) is 0 Å². The standard InChI is InChI=1S/C72H104N10O30/c1-36(78-38(3)86)65(101)82-46(11-5-8-26-74-52(88)29-40-15-21-43(22-16-40)108-71-63(99)60(96)57(93)49(34-84)111-71)67(103)77-31-54(90)80-45(10-4-7-25-73-51(87)28-39-13-19-42(20-14-39)107-70-62(98)59(95)56(92)48(33-83)110-70)66(102)76-32-55(91)81-47(68(104)79-37(2)69(105)106)12-6-9-27-75-53(89)30-41-17-23-44(24-18-41)109-72-64(100)61(97)58(94)50(35-85)112-72/h13-24,36-37,45-50,56-64,70-72,83-85,92-100H,4-12,25-35H2,1-3H3,(H,73,87)(H,74,88)(H,75,89)(H,76,102)(H,77,103)(H,78,86)(H,79,104)(H,80,90)(H,81,91)(H,82,101)(H,105,106)/t36-,37-,45-,46-,47-,48+,49+,50+,56+,57+,58+,59-,60-,61-,62-,63-,64-,70-,71-,72-/m0/s1. The Morgan fingerprint density at radius 3 is 0.955 bits per heavy atom. The highest BCUT2D eigenvalue weighted by molar-refractivity contribution is 5.95. The Labute approximate surface area is 643 Å². The Bertz CT molecular complexity index is 3550. The van der Waals surface area contributed by atoms with Crippen molar-refractivity contribution in [3.8, 4) is 17.2 Å². The van der Waals surface area contributed by atoms with Crippen molar-refractivity contribution in [1.82, 2.24) is 53.2 Å². The minimum atomic E-state index is -1.67. The van der Waals surface area contributed by atoms with E-state index in [-0.39, 0.29) is 114 Å². The molecule has 0 aliphatic carbocycles. The van der Waals surface area contributed by atoms with Gasteiger partial charge in [-0.2, -0.15) is 0 Å². The van der Waals surface area contributed by atoms with Gasteiger partial charge in [-0.3, -0.25) is 52.7 Å². The van der Waals surface area contributed by atoms with E-state index in [2.05, 4.69) is 53.2 Å². The van der Waals surface area contributed by atoms with E-state index in [4.69, 9.17) is 28.4 Å². The van der Waals surface area contributed by atoms with E-state index < -0.39 is 220 Å². The summed E-state index contributed by atoms with van der Waals surface area (Å²) in [4.78, 5) is 144. The fourth-order valence-corrected chi connectivity index (χ4v) is 11.7. The van der Waals surface area contributed by atoms with Gasteiger partial charge in [-0.25, -0.2) is 0 Å². The number of aliphatic hydroxyl groups excluding tert-OH is 12. The molecule has 0 saturated carbocycles. The zero-order chi connectivity index (χ0) is 82.3. The first kappa shape index (κ1) is 91.5. The van der Waals surface area contributed by atoms with Crippen LogP contribution in [0, 0.1) is 0 Å². The van der Waals surface area contributed by atoms with Crippen LogP contribution in [-0.2, 0) is 86.2 Å². The van der Waals surface area contributed by atoms with E-state index in [0.717, 1.165) is 0 Å². The normalized spacial score (nSPS) is 24.8. The van der Waals surface area contributed by atoms with Gasteiger partial charge >= 0.3 is 5.97 Å². The fourth-order valence-electron chi connectivity index (χ4n) is 11.7. The summed E-state index contributed by atoms with van der Waals surface area (Å²) in [5.74, 6) is -7.95. The fraction of sp³-hybridized carbons (Fsp3) is 0.597. The highest BCUT2D eigenvalue weighted by Crippen LogP contribution is 2.28. The molecule has 3 aliphatic rings. The van der Waals surface area contributed by atoms with Crippen LogP contribution in [0.25, 0.3) is 0 Å². The number of ether oxygens (including phenoxy) is 6. The third-order valence-electron chi connectivity index (χ3n) is 18.2. The summed E-state index contributed by atoms with van der Waals surface area (Å²) in [5, 5.41) is 155. The molecule has 3 aliphatic heterocycles. The van der Waals surface area contributed by atoms with Gasteiger partial charge in [-0.1, -0.05) is 36.4 Å². The average molecular weight is 1590 g/mol. The first-order valence-corrected chi connectivity index (χ1v) is 36.5. The van der Waals surface area contributed by atoms with E-state index >= 15 is 0 Å². The SMILES string of the molecule is CC(=O)N[C@@H](C)C(=O)N[C@@H](CCCCNC(=O)Cc1ccc(O[C@H]2O[C@H](CO)[C@@H](O)[C@H](O)[C@@H]2O)cc1)C(=O)NCC(=O)N[C@@H](CCCCNC(=O)Cc1ccc(O[C@H]2O[C@H](CO)[C@@H](O)[C@H](O)[C@@H]2O)cc1)C(=O)NCC(=O)N[C@@H](CCCCNC(=O)Cc1ccc(O[C@H]2O[C@H](CO)[C@@H](O)[C@H](O)[C@@H]2O)cc1)C(=O)N[C@@H](C)C(=O)O. The maximum absolute atomic E-state index is 14.0. The quantitative estimate of drug-likeness (QED) is 0.0234. The maximum atomic E-state index is 14.0. The van der Waals surface area contributed by atoms with Gasteiger partial charge < -0.3 is 148 Å². The first-order chi connectivity index (χ1) is 53.3. The minimum absolute atomic E-state index is 0.0458. The number of hydrogen-bond donors (Lipinski definition) is 23. The molecule has 40 heteroatoms. The Balaban J connectivity index is 1.03. The molecule has 3 heterocycles. The number of aliphatic carboxylic acids is 1. The van der Waals surface area contributed by atoms with Crippen LogP contribution in [-0.4, -0.2) is 306 Å². The predicted octanol–water partition coefficient (Wildman–Crippen LogP) is -8.09. The molecule has 3 aromatic carbocycles. The van der Waals surface area contributed by atoms with Crippen LogP contribution >= 0.6 is 0 Å². The number of carbonyl (C=O) groups is 11. The molecule has 3 aromatic rings. The number of aliphatic hydroxyl groups is 12. The molecule has 3 saturated heterocycles. The lowest BCUT2D eigenvalue weighted by molar-refractivity contribution is -0.277. The van der Waals surface area contributed by atoms with Crippen molar-refractivity contribution >= 4 is 65.0 Å². The van der Waals surface area contributed by atoms with Crippen molar-refractivity contribution < 1.29 is 148 Å². The molecule has 20 atom stereocenters. The highest BCUT2D eigenvalue weighted by Gasteiger charge is 2.47. The molecule has 112 heavy (non-hydrogen) atoms. The molecule has 622 valence electrons. The number of carbonyl (C=O) groups excluding carboxylic acids is 10. The van der Waals surface area contributed by atoms with Crippen LogP contribution in [0.2, 0.25) is 0 Å². The smallest absolute Gasteiger partial charge is 0.325 e. The van der Waals surface area contributed by atoms with Crippen molar-refractivity contribution in [3.05, 3.63) is 89.5 Å².